The minimum atomic E-state index is -1.46. The summed E-state index contributed by atoms with van der Waals surface area (Å²) in [7, 11) is -1.46. The van der Waals surface area contributed by atoms with E-state index >= 15 is 0 Å². The topological polar surface area (TPSA) is 25.8 Å². The van der Waals surface area contributed by atoms with Crippen molar-refractivity contribution in [3.8, 4) is 33.6 Å². The zero-order valence-electron chi connectivity index (χ0n) is 28.1. The molecule has 0 N–H and O–H groups in total. The van der Waals surface area contributed by atoms with E-state index in [0.717, 1.165) is 55.0 Å². The fourth-order valence-corrected chi connectivity index (χ4v) is 9.27. The summed E-state index contributed by atoms with van der Waals surface area (Å²) in [6.07, 6.45) is 10.6. The van der Waals surface area contributed by atoms with Gasteiger partial charge >= 0.3 is 0 Å². The van der Waals surface area contributed by atoms with Gasteiger partial charge in [-0.25, -0.2) is 4.39 Å². The second-order valence-electron chi connectivity index (χ2n) is 13.8. The minimum absolute atomic E-state index is 0. The van der Waals surface area contributed by atoms with Gasteiger partial charge in [0.25, 0.3) is 0 Å². The molecule has 3 aromatic heterocycles. The molecule has 0 bridgehead atoms. The first-order chi connectivity index (χ1) is 23.3. The van der Waals surface area contributed by atoms with Gasteiger partial charge in [0.05, 0.1) is 8.07 Å². The second kappa shape index (κ2) is 15.4. The van der Waals surface area contributed by atoms with Gasteiger partial charge in [-0.3, -0.25) is 0 Å². The molecule has 7 aromatic rings. The number of rotatable bonds is 6. The van der Waals surface area contributed by atoms with Gasteiger partial charge in [0.1, 0.15) is 5.82 Å². The van der Waals surface area contributed by atoms with Crippen LogP contribution < -0.4 is 5.19 Å². The average molecular weight is 855 g/mol. The van der Waals surface area contributed by atoms with Crippen molar-refractivity contribution in [3.05, 3.63) is 139 Å². The van der Waals surface area contributed by atoms with Crippen LogP contribution in [0.1, 0.15) is 31.2 Å². The Bertz CT molecular complexity index is 2170. The third-order valence-electron chi connectivity index (χ3n) is 9.25. The maximum atomic E-state index is 13.7. The molecule has 0 atom stereocenters. The fraction of sp³-hybridized carbons (Fsp3) is 0.209. The first kappa shape index (κ1) is 35.0. The van der Waals surface area contributed by atoms with E-state index in [2.05, 4.69) is 104 Å². The molecule has 1 aliphatic rings. The van der Waals surface area contributed by atoms with Gasteiger partial charge in [0.2, 0.25) is 0 Å². The predicted octanol–water partition coefficient (Wildman–Crippen LogP) is 11.5. The first-order valence-corrected chi connectivity index (χ1v) is 21.2. The molecule has 6 heteroatoms. The number of benzene rings is 4. The monoisotopic (exact) mass is 855 g/mol. The van der Waals surface area contributed by atoms with Crippen LogP contribution >= 0.6 is 11.3 Å². The molecule has 249 valence electrons. The van der Waals surface area contributed by atoms with E-state index < -0.39 is 8.07 Å². The van der Waals surface area contributed by atoms with Gasteiger partial charge in [-0.05, 0) is 74.4 Å². The number of pyridine rings is 2. The van der Waals surface area contributed by atoms with E-state index in [1.54, 1.807) is 17.4 Å². The molecular weight excluding hydrogens is 816 g/mol. The maximum Gasteiger partial charge on any atom is 0.123 e. The van der Waals surface area contributed by atoms with Crippen LogP contribution in [0.25, 0.3) is 53.8 Å². The van der Waals surface area contributed by atoms with Crippen LogP contribution in [0.4, 0.5) is 4.39 Å². The normalized spacial score (nSPS) is 13.2. The molecule has 4 aromatic carbocycles. The third kappa shape index (κ3) is 8.16. The van der Waals surface area contributed by atoms with Crippen molar-refractivity contribution in [2.24, 2.45) is 5.92 Å². The fourth-order valence-electron chi connectivity index (χ4n) is 6.75. The summed E-state index contributed by atoms with van der Waals surface area (Å²) in [4.78, 5) is 9.28. The molecular formula is C43H39FIrN2SSi-2. The molecule has 49 heavy (non-hydrogen) atoms. The molecule has 0 spiro atoms. The van der Waals surface area contributed by atoms with Crippen LogP contribution in [-0.4, -0.2) is 18.0 Å². The molecule has 1 fully saturated rings. The number of hydrogen-bond donors (Lipinski definition) is 0. The van der Waals surface area contributed by atoms with Crippen molar-refractivity contribution in [1.82, 2.24) is 9.97 Å². The van der Waals surface area contributed by atoms with Crippen molar-refractivity contribution in [2.75, 3.05) is 0 Å². The Morgan fingerprint density at radius 1 is 0.776 bits per heavy atom. The zero-order chi connectivity index (χ0) is 33.1. The molecule has 1 radical (unpaired) electrons. The summed E-state index contributed by atoms with van der Waals surface area (Å²) in [6, 6.07) is 40.9. The number of aromatic nitrogens is 2. The van der Waals surface area contributed by atoms with Crippen molar-refractivity contribution >= 4 is 44.8 Å². The molecule has 1 aliphatic carbocycles. The van der Waals surface area contributed by atoms with Crippen LogP contribution in [0, 0.1) is 23.9 Å². The Kier molecular flexibility index (Phi) is 11.0. The number of thiophene rings is 1. The van der Waals surface area contributed by atoms with Crippen LogP contribution in [0.15, 0.2) is 116 Å². The zero-order valence-corrected chi connectivity index (χ0v) is 32.3. The second-order valence-corrected chi connectivity index (χ2v) is 19.9. The molecule has 0 saturated heterocycles. The van der Waals surface area contributed by atoms with Crippen LogP contribution in [0.3, 0.4) is 0 Å². The van der Waals surface area contributed by atoms with Gasteiger partial charge in [0.15, 0.2) is 0 Å². The quantitative estimate of drug-likeness (QED) is 0.123. The maximum absolute atomic E-state index is 13.7. The van der Waals surface area contributed by atoms with E-state index in [-0.39, 0.29) is 25.9 Å². The summed E-state index contributed by atoms with van der Waals surface area (Å²) in [5.74, 6) is 0.628. The van der Waals surface area contributed by atoms with Crippen LogP contribution in [0.2, 0.25) is 19.6 Å². The minimum Gasteiger partial charge on any atom is -0.305 e. The molecule has 0 unspecified atom stereocenters. The van der Waals surface area contributed by atoms with E-state index in [1.165, 1.54) is 53.6 Å². The van der Waals surface area contributed by atoms with Crippen molar-refractivity contribution in [1.29, 1.82) is 0 Å². The van der Waals surface area contributed by atoms with Gasteiger partial charge in [0, 0.05) is 37.2 Å². The standard InChI is InChI=1S/C23H19FNS.C20H20NSi.Ir/c24-18-6-8-23-20(14-18)19-13-17(5-7-22(19)26-23)21-12-16(9-10-25-21)11-15-3-1-2-4-15;1-22(2,3)20-15-21-19(17-12-8-5-9-13-17)14-18(20)16-10-6-4-7-11-16;/h6-10,12-15H,1-4,11H2;4-12,14-15H,1-3H3;/q2*-1;. The van der Waals surface area contributed by atoms with Gasteiger partial charge < -0.3 is 9.97 Å². The predicted molar refractivity (Wildman–Crippen MR) is 204 cm³/mol. The summed E-state index contributed by atoms with van der Waals surface area (Å²) in [5.41, 5.74) is 7.90. The van der Waals surface area contributed by atoms with Crippen molar-refractivity contribution in [3.63, 3.8) is 0 Å². The molecule has 0 aliphatic heterocycles. The first-order valence-electron chi connectivity index (χ1n) is 16.8. The van der Waals surface area contributed by atoms with Gasteiger partial charge in [-0.15, -0.1) is 59.7 Å². The molecule has 8 rings (SSSR count). The Hall–Kier alpha value is -3.80. The Labute approximate surface area is 307 Å². The summed E-state index contributed by atoms with van der Waals surface area (Å²) in [5, 5.41) is 3.46. The number of nitrogens with zero attached hydrogens (tertiary/aromatic N) is 2. The van der Waals surface area contributed by atoms with Crippen LogP contribution in [0.5, 0.6) is 0 Å². The van der Waals surface area contributed by atoms with E-state index in [1.807, 2.05) is 36.5 Å². The van der Waals surface area contributed by atoms with E-state index in [4.69, 9.17) is 4.98 Å². The largest absolute Gasteiger partial charge is 0.305 e. The Morgan fingerprint density at radius 3 is 2.29 bits per heavy atom. The third-order valence-corrected chi connectivity index (χ3v) is 12.4. The summed E-state index contributed by atoms with van der Waals surface area (Å²) < 4.78 is 15.9. The van der Waals surface area contributed by atoms with Crippen LogP contribution in [-0.2, 0) is 26.5 Å². The summed E-state index contributed by atoms with van der Waals surface area (Å²) >= 11 is 1.68. The van der Waals surface area contributed by atoms with Gasteiger partial charge in [-0.2, -0.15) is 11.3 Å². The number of fused-ring (bicyclic) bond motifs is 3. The van der Waals surface area contributed by atoms with Crippen molar-refractivity contribution in [2.45, 2.75) is 51.7 Å². The van der Waals surface area contributed by atoms with Crippen molar-refractivity contribution < 1.29 is 24.5 Å². The van der Waals surface area contributed by atoms with E-state index in [0.29, 0.717) is 0 Å². The summed E-state index contributed by atoms with van der Waals surface area (Å²) in [6.45, 7) is 7.10. The van der Waals surface area contributed by atoms with Gasteiger partial charge in [-0.1, -0.05) is 98.7 Å². The SMILES string of the molecule is C[Si](C)(C)c1cnc(-c2[c-]cccc2)cc1-c1ccccc1.Fc1ccc2sc3c[c-]c(-c4cc(CC5CCCC5)ccn4)cc3c2c1.[Ir]. The Balaban J connectivity index is 0.000000169. The number of halogens is 1. The number of hydrogen-bond acceptors (Lipinski definition) is 3. The molecule has 1 saturated carbocycles. The molecule has 3 heterocycles. The molecule has 0 amide bonds. The van der Waals surface area contributed by atoms with E-state index in [9.17, 15) is 4.39 Å². The Morgan fingerprint density at radius 2 is 1.53 bits per heavy atom. The average Bonchev–Trinajstić information content (AvgIpc) is 3.76. The molecule has 2 nitrogen and oxygen atoms in total. The smallest absolute Gasteiger partial charge is 0.123 e.